The lowest BCUT2D eigenvalue weighted by molar-refractivity contribution is 1.39. The van der Waals surface area contributed by atoms with Crippen LogP contribution in [0, 0.1) is 11.3 Å². The summed E-state index contributed by atoms with van der Waals surface area (Å²) in [6.07, 6.45) is 1.55. The van der Waals surface area contributed by atoms with Gasteiger partial charge in [0.05, 0.1) is 10.6 Å². The second kappa shape index (κ2) is 2.74. The van der Waals surface area contributed by atoms with Crippen molar-refractivity contribution in [1.82, 2.24) is 4.98 Å². The number of thiophene rings is 1. The van der Waals surface area contributed by atoms with Crippen LogP contribution in [0.2, 0.25) is 5.02 Å². The van der Waals surface area contributed by atoms with Gasteiger partial charge in [0.2, 0.25) is 0 Å². The highest BCUT2D eigenvalue weighted by Crippen LogP contribution is 2.28. The van der Waals surface area contributed by atoms with Gasteiger partial charge in [0, 0.05) is 17.0 Å². The van der Waals surface area contributed by atoms with Gasteiger partial charge in [0.25, 0.3) is 0 Å². The third kappa shape index (κ3) is 1.06. The third-order valence-corrected chi connectivity index (χ3v) is 2.86. The van der Waals surface area contributed by atoms with Crippen LogP contribution in [0.5, 0.6) is 0 Å². The summed E-state index contributed by atoms with van der Waals surface area (Å²) < 4.78 is 0. The van der Waals surface area contributed by atoms with Crippen LogP contribution in [-0.2, 0) is 0 Å². The number of aromatic nitrogens is 1. The first kappa shape index (κ1) is 7.53. The molecule has 2 aromatic rings. The van der Waals surface area contributed by atoms with Crippen LogP contribution in [0.15, 0.2) is 17.6 Å². The average molecular weight is 195 g/mol. The van der Waals surface area contributed by atoms with E-state index in [-0.39, 0.29) is 0 Å². The van der Waals surface area contributed by atoms with Crippen molar-refractivity contribution in [3.63, 3.8) is 0 Å². The molecule has 58 valence electrons. The SMILES string of the molecule is N#Cc1cnc2scc(Cl)c2c1. The lowest BCUT2D eigenvalue weighted by atomic mass is 10.2. The van der Waals surface area contributed by atoms with Gasteiger partial charge in [0.15, 0.2) is 0 Å². The maximum Gasteiger partial charge on any atom is 0.124 e. The number of hydrogen-bond donors (Lipinski definition) is 0. The van der Waals surface area contributed by atoms with Gasteiger partial charge in [-0.3, -0.25) is 0 Å². The number of nitrogens with zero attached hydrogens (tertiary/aromatic N) is 2. The summed E-state index contributed by atoms with van der Waals surface area (Å²) in [5, 5.41) is 11.9. The minimum atomic E-state index is 0.544. The van der Waals surface area contributed by atoms with E-state index in [1.165, 1.54) is 11.3 Å². The van der Waals surface area contributed by atoms with Gasteiger partial charge in [-0.15, -0.1) is 11.3 Å². The molecule has 0 saturated carbocycles. The Balaban J connectivity index is 2.82. The van der Waals surface area contributed by atoms with E-state index in [2.05, 4.69) is 4.98 Å². The molecule has 0 fully saturated rings. The minimum absolute atomic E-state index is 0.544. The second-order valence-electron chi connectivity index (χ2n) is 2.27. The molecule has 0 amide bonds. The summed E-state index contributed by atoms with van der Waals surface area (Å²) in [6.45, 7) is 0. The molecule has 0 aliphatic rings. The molecule has 0 aliphatic carbocycles. The maximum absolute atomic E-state index is 8.60. The van der Waals surface area contributed by atoms with E-state index in [1.54, 1.807) is 12.3 Å². The van der Waals surface area contributed by atoms with Gasteiger partial charge in [-0.05, 0) is 6.07 Å². The molecule has 0 N–H and O–H groups in total. The molecule has 2 aromatic heterocycles. The van der Waals surface area contributed by atoms with E-state index in [0.29, 0.717) is 10.6 Å². The van der Waals surface area contributed by atoms with Crippen LogP contribution < -0.4 is 0 Å². The lowest BCUT2D eigenvalue weighted by Crippen LogP contribution is -1.76. The van der Waals surface area contributed by atoms with E-state index < -0.39 is 0 Å². The molecule has 0 aliphatic heterocycles. The van der Waals surface area contributed by atoms with Crippen LogP contribution in [0.25, 0.3) is 10.2 Å². The van der Waals surface area contributed by atoms with Crippen molar-refractivity contribution >= 4 is 33.2 Å². The fourth-order valence-corrected chi connectivity index (χ4v) is 2.03. The highest BCUT2D eigenvalue weighted by molar-refractivity contribution is 7.17. The van der Waals surface area contributed by atoms with E-state index in [9.17, 15) is 0 Å². The molecule has 0 atom stereocenters. The second-order valence-corrected chi connectivity index (χ2v) is 3.54. The normalized spacial score (nSPS) is 10.0. The molecule has 2 rings (SSSR count). The zero-order valence-corrected chi connectivity index (χ0v) is 7.49. The van der Waals surface area contributed by atoms with Crippen LogP contribution in [0.1, 0.15) is 5.56 Å². The molecule has 0 bridgehead atoms. The Labute approximate surface area is 78.0 Å². The molecular weight excluding hydrogens is 192 g/mol. The minimum Gasteiger partial charge on any atom is -0.244 e. The number of rotatable bonds is 0. The predicted molar refractivity (Wildman–Crippen MR) is 49.3 cm³/mol. The molecule has 0 spiro atoms. The molecule has 2 heterocycles. The van der Waals surface area contributed by atoms with E-state index in [0.717, 1.165) is 10.2 Å². The summed E-state index contributed by atoms with van der Waals surface area (Å²) >= 11 is 7.34. The molecule has 0 radical (unpaired) electrons. The molecule has 4 heteroatoms. The van der Waals surface area contributed by atoms with Crippen molar-refractivity contribution in [2.45, 2.75) is 0 Å². The van der Waals surface area contributed by atoms with E-state index in [1.807, 2.05) is 11.4 Å². The van der Waals surface area contributed by atoms with Gasteiger partial charge < -0.3 is 0 Å². The van der Waals surface area contributed by atoms with Crippen molar-refractivity contribution < 1.29 is 0 Å². The first-order valence-corrected chi connectivity index (χ1v) is 4.50. The maximum atomic E-state index is 8.60. The van der Waals surface area contributed by atoms with Gasteiger partial charge in [-0.1, -0.05) is 11.6 Å². The fourth-order valence-electron chi connectivity index (χ4n) is 0.949. The Morgan fingerprint density at radius 2 is 2.42 bits per heavy atom. The van der Waals surface area contributed by atoms with Gasteiger partial charge in [-0.2, -0.15) is 5.26 Å². The number of pyridine rings is 1. The Kier molecular flexibility index (Phi) is 1.72. The summed E-state index contributed by atoms with van der Waals surface area (Å²) in [4.78, 5) is 4.96. The highest BCUT2D eigenvalue weighted by atomic mass is 35.5. The Bertz CT molecular complexity index is 469. The van der Waals surface area contributed by atoms with Crippen LogP contribution in [-0.4, -0.2) is 4.98 Å². The zero-order valence-electron chi connectivity index (χ0n) is 5.91. The molecule has 0 saturated heterocycles. The molecule has 0 unspecified atom stereocenters. The van der Waals surface area contributed by atoms with Crippen LogP contribution in [0.4, 0.5) is 0 Å². The van der Waals surface area contributed by atoms with Gasteiger partial charge in [0.1, 0.15) is 10.9 Å². The fraction of sp³-hybridized carbons (Fsp3) is 0. The third-order valence-electron chi connectivity index (χ3n) is 1.51. The summed E-state index contributed by atoms with van der Waals surface area (Å²) in [5.74, 6) is 0. The van der Waals surface area contributed by atoms with Crippen molar-refractivity contribution in [2.24, 2.45) is 0 Å². The molecule has 2 nitrogen and oxygen atoms in total. The Hall–Kier alpha value is -1.11. The predicted octanol–water partition coefficient (Wildman–Crippen LogP) is 2.82. The van der Waals surface area contributed by atoms with Crippen LogP contribution >= 0.6 is 22.9 Å². The van der Waals surface area contributed by atoms with E-state index in [4.69, 9.17) is 16.9 Å². The monoisotopic (exact) mass is 194 g/mol. The quantitative estimate of drug-likeness (QED) is 0.647. The first-order valence-electron chi connectivity index (χ1n) is 3.24. The van der Waals surface area contributed by atoms with Gasteiger partial charge in [-0.25, -0.2) is 4.98 Å². The largest absolute Gasteiger partial charge is 0.244 e. The standard InChI is InChI=1S/C8H3ClN2S/c9-7-4-12-8-6(7)1-5(2-10)3-11-8/h1,3-4H. The number of hydrogen-bond acceptors (Lipinski definition) is 3. The Morgan fingerprint density at radius 3 is 3.17 bits per heavy atom. The average Bonchev–Trinajstić information content (AvgIpc) is 2.47. The van der Waals surface area contributed by atoms with Crippen molar-refractivity contribution in [2.75, 3.05) is 0 Å². The smallest absolute Gasteiger partial charge is 0.124 e. The number of nitriles is 1. The number of fused-ring (bicyclic) bond motifs is 1. The topological polar surface area (TPSA) is 36.7 Å². The molecular formula is C8H3ClN2S. The van der Waals surface area contributed by atoms with Crippen molar-refractivity contribution in [3.05, 3.63) is 28.2 Å². The van der Waals surface area contributed by atoms with Crippen molar-refractivity contribution in [3.8, 4) is 6.07 Å². The first-order chi connectivity index (χ1) is 5.81. The van der Waals surface area contributed by atoms with Gasteiger partial charge >= 0.3 is 0 Å². The zero-order chi connectivity index (χ0) is 8.55. The highest BCUT2D eigenvalue weighted by Gasteiger charge is 2.03. The summed E-state index contributed by atoms with van der Waals surface area (Å²) in [5.41, 5.74) is 0.544. The Morgan fingerprint density at radius 1 is 1.58 bits per heavy atom. The molecule has 12 heavy (non-hydrogen) atoms. The summed E-state index contributed by atoms with van der Waals surface area (Å²) in [6, 6.07) is 3.77. The molecule has 0 aromatic carbocycles. The lowest BCUT2D eigenvalue weighted by Gasteiger charge is -1.89. The number of halogens is 1. The van der Waals surface area contributed by atoms with Crippen LogP contribution in [0.3, 0.4) is 0 Å². The van der Waals surface area contributed by atoms with E-state index >= 15 is 0 Å². The summed E-state index contributed by atoms with van der Waals surface area (Å²) in [7, 11) is 0. The van der Waals surface area contributed by atoms with Crippen molar-refractivity contribution in [1.29, 1.82) is 5.26 Å².